The van der Waals surface area contributed by atoms with Crippen LogP contribution in [0.2, 0.25) is 0 Å². The maximum atomic E-state index is 12.5. The molecule has 4 N–H and O–H groups in total. The molecule has 2 aromatic heterocycles. The lowest BCUT2D eigenvalue weighted by Gasteiger charge is -2.33. The lowest BCUT2D eigenvalue weighted by atomic mass is 9.93. The number of carbonyl (C=O) groups excluding carboxylic acids is 5. The predicted molar refractivity (Wildman–Crippen MR) is 481 cm³/mol. The molecule has 0 spiro atoms. The van der Waals surface area contributed by atoms with Gasteiger partial charge in [0.2, 0.25) is 0 Å². The van der Waals surface area contributed by atoms with Crippen molar-refractivity contribution in [2.24, 2.45) is 23.5 Å². The lowest BCUT2D eigenvalue weighted by Crippen LogP contribution is -2.47. The molecule has 4 atom stereocenters. The molecule has 27 heteroatoms. The number of ketones is 3. The van der Waals surface area contributed by atoms with Crippen LogP contribution in [0.1, 0.15) is 164 Å². The third-order valence-electron chi connectivity index (χ3n) is 17.4. The number of piperidine rings is 4. The van der Waals surface area contributed by atoms with E-state index in [4.69, 9.17) is 63.2 Å². The number of nitrogens with one attached hydrogen (secondary N) is 1. The van der Waals surface area contributed by atoms with E-state index in [2.05, 4.69) is 49.3 Å². The van der Waals surface area contributed by atoms with Gasteiger partial charge in [-0.1, -0.05) is 136 Å². The average molecular weight is 1730 g/mol. The number of nitrogens with two attached hydrogens (primary N) is 1. The molecule has 2 amide bonds. The Balaban J connectivity index is 0.00000141. The van der Waals surface area contributed by atoms with Crippen molar-refractivity contribution < 1.29 is 81.2 Å². The molecule has 0 bridgehead atoms. The number of hydrogen-bond acceptors (Lipinski definition) is 23. The van der Waals surface area contributed by atoms with Gasteiger partial charge in [-0.15, -0.1) is 11.3 Å². The Morgan fingerprint density at radius 2 is 0.803 bits per heavy atom. The number of benzene rings is 6. The number of aromatic nitrogens is 2. The first-order valence-corrected chi connectivity index (χ1v) is 39.5. The number of carbonyl (C=O) groups is 6. The van der Waals surface area contributed by atoms with Crippen LogP contribution in [0.25, 0.3) is 20.4 Å². The number of ether oxygens (including phenoxy) is 10. The van der Waals surface area contributed by atoms with Crippen molar-refractivity contribution in [3.63, 3.8) is 0 Å². The summed E-state index contributed by atoms with van der Waals surface area (Å²) in [6.45, 7) is 17.5. The van der Waals surface area contributed by atoms with Gasteiger partial charge in [0.25, 0.3) is 0 Å². The molecule has 0 radical (unpaired) electrons. The lowest BCUT2D eigenvalue weighted by molar-refractivity contribution is -0.139. The Labute approximate surface area is 714 Å². The SMILES string of the molecule is Brc1nc2ccccc2s1.C.C.C.C.C.C.C.CC(C)(C)OC(=O)N1CCCC(N)C1.COc1ccccc1OCC(=O)CC1CCCN(C(=O)OC(C)(C)C)C1.COc1ccccc1OCC(=O)CC1CCCN(c2nc3ccccc3s2)C1.COc1ccccc1OCC(=O)CC1CCCNC1.COc1ccccc1OCC(=O)O. The molecule has 4 fully saturated rings. The standard InChI is InChI=1S/C22H24N2O3S.C20H29NO5.C15H21NO3.C10H20N2O2.C9H10O4.C7H4BrNS.7CH4/c1-26-19-9-3-4-10-20(19)27-15-17(25)13-16-7-6-12-24(14-16)22-23-18-8-2-5-11-21(18)28-22;1-20(2,3)26-19(23)21-11-7-8-15(13-21)12-16(22)14-25-18-10-6-5-9-17(18)24-4;1-18-14-6-2-3-7-15(14)19-11-13(17)9-12-5-4-8-16-10-12;1-10(2,3)14-9(13)12-6-4-5-8(11)7-12;1-12-7-4-2-3-5-8(7)13-6-9(10)11;8-7-9-5-3-1-2-4-6(5)10-7;;;;;;;/h2-5,8-11,16H,6-7,12-15H2,1H3;5-6,9-10,15H,7-8,11-14H2,1-4H3;2-3,6-7,12,16H,4-5,8-11H2,1H3;8H,4-7,11H2,1-3H3;2-5H,6H2,1H3,(H,10,11);1-4H;7*1H4. The third-order valence-corrected chi connectivity index (χ3v) is 19.9. The van der Waals surface area contributed by atoms with Crippen molar-refractivity contribution in [1.29, 1.82) is 0 Å². The first-order chi connectivity index (χ1) is 52.8. The summed E-state index contributed by atoms with van der Waals surface area (Å²) >= 11 is 6.72. The number of Topliss-reactive ketones (excluding diaryl/α,β-unsaturated/α-hetero) is 3. The fourth-order valence-corrected chi connectivity index (χ4v) is 14.7. The van der Waals surface area contributed by atoms with Gasteiger partial charge in [-0.05, 0) is 212 Å². The summed E-state index contributed by atoms with van der Waals surface area (Å²) in [6.07, 6.45) is 9.21. The van der Waals surface area contributed by atoms with E-state index in [1.165, 1.54) is 16.5 Å². The quantitative estimate of drug-likeness (QED) is 0.0536. The molecule has 0 saturated carbocycles. The molecule has 4 aliphatic rings. The second-order valence-corrected chi connectivity index (χ2v) is 32.0. The van der Waals surface area contributed by atoms with E-state index in [1.54, 1.807) is 90.2 Å². The molecule has 8 aromatic rings. The number of anilines is 1. The maximum Gasteiger partial charge on any atom is 0.410 e. The number of carboxylic acids is 1. The van der Waals surface area contributed by atoms with E-state index in [0.717, 1.165) is 104 Å². The number of hydrogen-bond donors (Lipinski definition) is 3. The van der Waals surface area contributed by atoms with Crippen molar-refractivity contribution in [3.05, 3.63) is 150 Å². The molecular weight excluding hydrogens is 1600 g/mol. The fraction of sp³-hybridized carbons (Fsp3) is 0.511. The van der Waals surface area contributed by atoms with E-state index in [0.29, 0.717) is 96.7 Å². The van der Waals surface area contributed by atoms with Crippen LogP contribution in [0.3, 0.4) is 0 Å². The monoisotopic (exact) mass is 1730 g/mol. The van der Waals surface area contributed by atoms with Gasteiger partial charge in [-0.2, -0.15) is 0 Å². The zero-order chi connectivity index (χ0) is 79.4. The normalized spacial score (nSPS) is 15.7. The molecular formula is C90H136BrN7O17S2. The van der Waals surface area contributed by atoms with Crippen molar-refractivity contribution in [2.75, 3.05) is 112 Å². The number of halogens is 1. The topological polar surface area (TPSA) is 288 Å². The van der Waals surface area contributed by atoms with E-state index in [9.17, 15) is 28.8 Å². The third kappa shape index (κ3) is 39.2. The Morgan fingerprint density at radius 1 is 0.453 bits per heavy atom. The molecule has 117 heavy (non-hydrogen) atoms. The van der Waals surface area contributed by atoms with Crippen LogP contribution in [0, 0.1) is 17.8 Å². The highest BCUT2D eigenvalue weighted by molar-refractivity contribution is 9.11. The molecule has 24 nitrogen and oxygen atoms in total. The average Bonchev–Trinajstić information content (AvgIpc) is 1.68. The summed E-state index contributed by atoms with van der Waals surface area (Å²) in [7, 11) is 6.26. The van der Waals surface area contributed by atoms with Crippen molar-refractivity contribution in [1.82, 2.24) is 25.1 Å². The van der Waals surface area contributed by atoms with Crippen LogP contribution in [0.15, 0.2) is 150 Å². The molecule has 6 aromatic carbocycles. The highest BCUT2D eigenvalue weighted by Gasteiger charge is 2.31. The van der Waals surface area contributed by atoms with Crippen LogP contribution in [0.4, 0.5) is 14.7 Å². The van der Waals surface area contributed by atoms with Crippen molar-refractivity contribution in [2.45, 2.75) is 181 Å². The second-order valence-electron chi connectivity index (χ2n) is 28.7. The zero-order valence-electron chi connectivity index (χ0n) is 64.9. The van der Waals surface area contributed by atoms with Gasteiger partial charge >= 0.3 is 18.2 Å². The van der Waals surface area contributed by atoms with E-state index >= 15 is 0 Å². The van der Waals surface area contributed by atoms with Gasteiger partial charge < -0.3 is 78.2 Å². The Bertz CT molecular complexity index is 4100. The zero-order valence-corrected chi connectivity index (χ0v) is 68.1. The van der Waals surface area contributed by atoms with Crippen LogP contribution in [-0.2, 0) is 28.7 Å². The van der Waals surface area contributed by atoms with E-state index in [-0.39, 0.29) is 120 Å². The fourth-order valence-electron chi connectivity index (χ4n) is 12.3. The van der Waals surface area contributed by atoms with Gasteiger partial charge in [-0.3, -0.25) is 14.4 Å². The number of likely N-dealkylation sites (tertiary alicyclic amines) is 2. The summed E-state index contributed by atoms with van der Waals surface area (Å²) < 4.78 is 56.5. The molecule has 4 saturated heterocycles. The Hall–Kier alpha value is -9.28. The summed E-state index contributed by atoms with van der Waals surface area (Å²) in [5, 5.41) is 12.8. The van der Waals surface area contributed by atoms with Crippen LogP contribution >= 0.6 is 38.6 Å². The van der Waals surface area contributed by atoms with Crippen LogP contribution in [-0.4, -0.2) is 185 Å². The summed E-state index contributed by atoms with van der Waals surface area (Å²) in [5.41, 5.74) is 6.96. The first kappa shape index (κ1) is 108. The molecule has 652 valence electrons. The largest absolute Gasteiger partial charge is 0.493 e. The Morgan fingerprint density at radius 3 is 1.19 bits per heavy atom. The molecule has 4 unspecified atom stereocenters. The maximum absolute atomic E-state index is 12.5. The molecule has 0 aliphatic carbocycles. The van der Waals surface area contributed by atoms with Gasteiger partial charge in [0.1, 0.15) is 31.0 Å². The van der Waals surface area contributed by atoms with Crippen LogP contribution in [0.5, 0.6) is 46.0 Å². The minimum absolute atomic E-state index is 0. The number of para-hydroxylation sites is 10. The highest BCUT2D eigenvalue weighted by atomic mass is 79.9. The summed E-state index contributed by atoms with van der Waals surface area (Å²) in [6, 6.07) is 45.4. The smallest absolute Gasteiger partial charge is 0.410 e. The minimum Gasteiger partial charge on any atom is -0.493 e. The second kappa shape index (κ2) is 56.2. The van der Waals surface area contributed by atoms with Crippen LogP contribution < -0.4 is 53.8 Å². The van der Waals surface area contributed by atoms with Gasteiger partial charge in [0, 0.05) is 64.6 Å². The van der Waals surface area contributed by atoms with E-state index < -0.39 is 17.2 Å². The number of thiazole rings is 2. The van der Waals surface area contributed by atoms with Crippen molar-refractivity contribution in [3.8, 4) is 46.0 Å². The van der Waals surface area contributed by atoms with Gasteiger partial charge in [-0.25, -0.2) is 24.4 Å². The number of methoxy groups -OCH3 is 4. The number of nitrogens with zero attached hydrogens (tertiary/aromatic N) is 5. The molecule has 4 aliphatic heterocycles. The van der Waals surface area contributed by atoms with E-state index in [1.807, 2.05) is 133 Å². The van der Waals surface area contributed by atoms with Gasteiger partial charge in [0.15, 0.2) is 79.0 Å². The number of aliphatic carboxylic acids is 1. The minimum atomic E-state index is -1.01. The summed E-state index contributed by atoms with van der Waals surface area (Å²) in [4.78, 5) is 85.4. The molecule has 12 rings (SSSR count). The number of rotatable bonds is 23. The first-order valence-electron chi connectivity index (χ1n) is 37.1. The number of fused-ring (bicyclic) bond motifs is 2. The number of carboxylic acid groups (broad SMARTS) is 1. The summed E-state index contributed by atoms with van der Waals surface area (Å²) in [5.74, 6) is 4.91. The van der Waals surface area contributed by atoms with Gasteiger partial charge in [0.05, 0.1) is 48.9 Å². The predicted octanol–water partition coefficient (Wildman–Crippen LogP) is 20.3. The Kier molecular flexibility index (Phi) is 51.7. The molecule has 6 heterocycles. The van der Waals surface area contributed by atoms with Crippen molar-refractivity contribution >= 4 is 99.7 Å². The highest BCUT2D eigenvalue weighted by Crippen LogP contribution is 2.35. The number of amides is 2.